The van der Waals surface area contributed by atoms with Gasteiger partial charge in [0.05, 0.1) is 15.4 Å². The Balaban J connectivity index is 1.59. The molecule has 1 heterocycles. The molecule has 1 amide bonds. The van der Waals surface area contributed by atoms with Gasteiger partial charge in [0.25, 0.3) is 11.6 Å². The first-order valence-electron chi connectivity index (χ1n) is 8.88. The molecule has 0 aliphatic rings. The fraction of sp³-hybridized carbons (Fsp3) is 0.150. The van der Waals surface area contributed by atoms with E-state index in [4.69, 9.17) is 4.74 Å². The SMILES string of the molecule is Cc1csc(Sc2ccc(C(=O)OCC(=O)NCc3ccc(F)cc3)cc2[N+](=O)[O-])n1. The van der Waals surface area contributed by atoms with E-state index in [-0.39, 0.29) is 23.6 Å². The van der Waals surface area contributed by atoms with E-state index in [1.165, 1.54) is 47.7 Å². The number of nitro benzene ring substituents is 1. The highest BCUT2D eigenvalue weighted by molar-refractivity contribution is 8.01. The Morgan fingerprint density at radius 2 is 2.00 bits per heavy atom. The van der Waals surface area contributed by atoms with Gasteiger partial charge >= 0.3 is 5.97 Å². The minimum Gasteiger partial charge on any atom is -0.452 e. The lowest BCUT2D eigenvalue weighted by atomic mass is 10.2. The highest BCUT2D eigenvalue weighted by Gasteiger charge is 2.20. The van der Waals surface area contributed by atoms with E-state index < -0.39 is 23.4 Å². The Morgan fingerprint density at radius 3 is 2.65 bits per heavy atom. The molecule has 3 aromatic rings. The molecule has 0 saturated carbocycles. The number of hydrogen-bond donors (Lipinski definition) is 1. The Bertz CT molecular complexity index is 1120. The van der Waals surface area contributed by atoms with Crippen LogP contribution >= 0.6 is 23.1 Å². The van der Waals surface area contributed by atoms with Crippen LogP contribution in [0.1, 0.15) is 21.6 Å². The summed E-state index contributed by atoms with van der Waals surface area (Å²) in [5.41, 5.74) is 1.19. The van der Waals surface area contributed by atoms with Crippen LogP contribution in [0.5, 0.6) is 0 Å². The molecule has 0 unspecified atom stereocenters. The number of halogens is 1. The smallest absolute Gasteiger partial charge is 0.338 e. The summed E-state index contributed by atoms with van der Waals surface area (Å²) >= 11 is 2.50. The number of aryl methyl sites for hydroxylation is 1. The third-order valence-corrected chi connectivity index (χ3v) is 6.05. The lowest BCUT2D eigenvalue weighted by Crippen LogP contribution is -2.28. The van der Waals surface area contributed by atoms with Crippen molar-refractivity contribution in [1.82, 2.24) is 10.3 Å². The van der Waals surface area contributed by atoms with Crippen LogP contribution < -0.4 is 5.32 Å². The average Bonchev–Trinajstić information content (AvgIpc) is 3.16. The van der Waals surface area contributed by atoms with Crippen molar-refractivity contribution in [1.29, 1.82) is 0 Å². The summed E-state index contributed by atoms with van der Waals surface area (Å²) in [5.74, 6) is -1.80. The number of amides is 1. The lowest BCUT2D eigenvalue weighted by molar-refractivity contribution is -0.387. The zero-order valence-electron chi connectivity index (χ0n) is 16.2. The van der Waals surface area contributed by atoms with Crippen LogP contribution in [0.15, 0.2) is 57.1 Å². The van der Waals surface area contributed by atoms with Gasteiger partial charge in [-0.1, -0.05) is 23.9 Å². The Kier molecular flexibility index (Phi) is 7.32. The van der Waals surface area contributed by atoms with Gasteiger partial charge in [0, 0.05) is 23.7 Å². The maximum absolute atomic E-state index is 12.9. The van der Waals surface area contributed by atoms with Crippen molar-refractivity contribution in [2.24, 2.45) is 0 Å². The molecule has 0 spiro atoms. The molecule has 0 fully saturated rings. The van der Waals surface area contributed by atoms with E-state index >= 15 is 0 Å². The summed E-state index contributed by atoms with van der Waals surface area (Å²) in [7, 11) is 0. The van der Waals surface area contributed by atoms with E-state index in [0.717, 1.165) is 23.5 Å². The fourth-order valence-electron chi connectivity index (χ4n) is 2.42. The van der Waals surface area contributed by atoms with Gasteiger partial charge in [0.1, 0.15) is 5.82 Å². The Labute approximate surface area is 184 Å². The molecule has 8 nitrogen and oxygen atoms in total. The summed E-state index contributed by atoms with van der Waals surface area (Å²) in [4.78, 5) is 39.5. The van der Waals surface area contributed by atoms with Crippen LogP contribution in [-0.4, -0.2) is 28.4 Å². The molecule has 1 N–H and O–H groups in total. The van der Waals surface area contributed by atoms with Gasteiger partial charge in [0.2, 0.25) is 0 Å². The van der Waals surface area contributed by atoms with Crippen LogP contribution in [-0.2, 0) is 16.1 Å². The molecule has 160 valence electrons. The van der Waals surface area contributed by atoms with Crippen molar-refractivity contribution in [2.75, 3.05) is 6.61 Å². The molecule has 0 bridgehead atoms. The number of hydrogen-bond acceptors (Lipinski definition) is 8. The largest absolute Gasteiger partial charge is 0.452 e. The van der Waals surface area contributed by atoms with Crippen molar-refractivity contribution >= 4 is 40.7 Å². The maximum atomic E-state index is 12.9. The standard InChI is InChI=1S/C20H16FN3O5S2/c1-12-11-30-20(23-12)31-17-7-4-14(8-16(17)24(27)28)19(26)29-10-18(25)22-9-13-2-5-15(21)6-3-13/h2-8,11H,9-10H2,1H3,(H,22,25). The molecular weight excluding hydrogens is 445 g/mol. The molecule has 0 aliphatic carbocycles. The molecular formula is C20H16FN3O5S2. The number of esters is 1. The third kappa shape index (κ3) is 6.33. The number of ether oxygens (including phenoxy) is 1. The molecule has 31 heavy (non-hydrogen) atoms. The average molecular weight is 461 g/mol. The summed E-state index contributed by atoms with van der Waals surface area (Å²) in [6.45, 7) is 1.41. The monoisotopic (exact) mass is 461 g/mol. The number of rotatable bonds is 8. The van der Waals surface area contributed by atoms with Crippen molar-refractivity contribution in [2.45, 2.75) is 22.7 Å². The summed E-state index contributed by atoms with van der Waals surface area (Å²) < 4.78 is 18.5. The second kappa shape index (κ2) is 10.1. The van der Waals surface area contributed by atoms with E-state index in [9.17, 15) is 24.1 Å². The predicted molar refractivity (Wildman–Crippen MR) is 113 cm³/mol. The fourth-order valence-corrected chi connectivity index (χ4v) is 4.29. The normalized spacial score (nSPS) is 10.5. The minimum absolute atomic E-state index is 0.0438. The number of nitrogens with zero attached hydrogens (tertiary/aromatic N) is 2. The number of aromatic nitrogens is 1. The van der Waals surface area contributed by atoms with Gasteiger partial charge in [-0.05, 0) is 36.8 Å². The predicted octanol–water partition coefficient (Wildman–Crippen LogP) is 4.12. The second-order valence-corrected chi connectivity index (χ2v) is 8.42. The molecule has 2 aromatic carbocycles. The van der Waals surface area contributed by atoms with Gasteiger partial charge in [-0.3, -0.25) is 14.9 Å². The molecule has 11 heteroatoms. The van der Waals surface area contributed by atoms with E-state index in [1.807, 2.05) is 12.3 Å². The highest BCUT2D eigenvalue weighted by atomic mass is 32.2. The van der Waals surface area contributed by atoms with Crippen LogP contribution in [0.4, 0.5) is 10.1 Å². The summed E-state index contributed by atoms with van der Waals surface area (Å²) in [6, 6.07) is 9.54. The number of nitrogens with one attached hydrogen (secondary N) is 1. The third-order valence-electron chi connectivity index (χ3n) is 3.92. The lowest BCUT2D eigenvalue weighted by Gasteiger charge is -2.08. The first-order valence-corrected chi connectivity index (χ1v) is 10.6. The van der Waals surface area contributed by atoms with Gasteiger partial charge in [-0.15, -0.1) is 11.3 Å². The topological polar surface area (TPSA) is 111 Å². The number of benzene rings is 2. The molecule has 0 atom stereocenters. The van der Waals surface area contributed by atoms with Crippen molar-refractivity contribution < 1.29 is 23.6 Å². The number of carbonyl (C=O) groups is 2. The van der Waals surface area contributed by atoms with E-state index in [0.29, 0.717) is 14.8 Å². The number of nitro groups is 1. The van der Waals surface area contributed by atoms with Crippen molar-refractivity contribution in [3.05, 3.63) is 80.6 Å². The van der Waals surface area contributed by atoms with Crippen LogP contribution in [0.3, 0.4) is 0 Å². The second-order valence-electron chi connectivity index (χ2n) is 6.28. The molecule has 0 aliphatic heterocycles. The molecule has 3 rings (SSSR count). The summed E-state index contributed by atoms with van der Waals surface area (Å²) in [5, 5.41) is 15.8. The number of thiazole rings is 1. The maximum Gasteiger partial charge on any atom is 0.338 e. The van der Waals surface area contributed by atoms with Crippen molar-refractivity contribution in [3.63, 3.8) is 0 Å². The first kappa shape index (κ1) is 22.4. The molecule has 0 radical (unpaired) electrons. The Hall–Kier alpha value is -3.31. The Morgan fingerprint density at radius 1 is 1.26 bits per heavy atom. The van der Waals surface area contributed by atoms with Gasteiger partial charge < -0.3 is 10.1 Å². The van der Waals surface area contributed by atoms with E-state index in [2.05, 4.69) is 10.3 Å². The minimum atomic E-state index is -0.860. The van der Waals surface area contributed by atoms with Crippen LogP contribution in [0.25, 0.3) is 0 Å². The zero-order chi connectivity index (χ0) is 22.4. The highest BCUT2D eigenvalue weighted by Crippen LogP contribution is 2.36. The number of carbonyl (C=O) groups excluding carboxylic acids is 2. The quantitative estimate of drug-likeness (QED) is 0.305. The van der Waals surface area contributed by atoms with Crippen LogP contribution in [0, 0.1) is 22.9 Å². The van der Waals surface area contributed by atoms with Gasteiger partial charge in [0.15, 0.2) is 10.9 Å². The summed E-state index contributed by atoms with van der Waals surface area (Å²) in [6.07, 6.45) is 0. The van der Waals surface area contributed by atoms with Gasteiger partial charge in [-0.2, -0.15) is 0 Å². The van der Waals surface area contributed by atoms with Crippen LogP contribution in [0.2, 0.25) is 0 Å². The van der Waals surface area contributed by atoms with Gasteiger partial charge in [-0.25, -0.2) is 14.2 Å². The molecule has 1 aromatic heterocycles. The van der Waals surface area contributed by atoms with E-state index in [1.54, 1.807) is 0 Å². The first-order chi connectivity index (χ1) is 14.8. The van der Waals surface area contributed by atoms with Crippen molar-refractivity contribution in [3.8, 4) is 0 Å². The zero-order valence-corrected chi connectivity index (χ0v) is 17.8. The molecule has 0 saturated heterocycles.